The fraction of sp³-hybridized carbons (Fsp3) is 0.111. The zero-order valence-corrected chi connectivity index (χ0v) is 20.6. The van der Waals surface area contributed by atoms with Crippen molar-refractivity contribution in [3.8, 4) is 0 Å². The van der Waals surface area contributed by atoms with Gasteiger partial charge in [-0.15, -0.1) is 0 Å². The van der Waals surface area contributed by atoms with E-state index >= 15 is 0 Å². The number of allylic oxidation sites excluding steroid dienone is 1. The molecule has 3 nitrogen and oxygen atoms in total. The highest BCUT2D eigenvalue weighted by Crippen LogP contribution is 2.41. The van der Waals surface area contributed by atoms with E-state index in [0.717, 1.165) is 38.9 Å². The maximum Gasteiger partial charge on any atom is 0.271 e. The first-order valence-electron chi connectivity index (χ1n) is 10.7. The van der Waals surface area contributed by atoms with Crippen LogP contribution in [0.25, 0.3) is 11.8 Å². The number of aromatic nitrogens is 1. The van der Waals surface area contributed by atoms with Gasteiger partial charge in [0.05, 0.1) is 16.3 Å². The van der Waals surface area contributed by atoms with Gasteiger partial charge in [0.2, 0.25) is 0 Å². The number of hydrogen-bond acceptors (Lipinski definition) is 3. The molecule has 0 saturated heterocycles. The van der Waals surface area contributed by atoms with Crippen LogP contribution in [-0.4, -0.2) is 4.57 Å². The third-order valence-corrected chi connectivity index (χ3v) is 8.11. The molecule has 0 N–H and O–H groups in total. The van der Waals surface area contributed by atoms with Gasteiger partial charge in [-0.1, -0.05) is 93.5 Å². The molecule has 162 valence electrons. The summed E-state index contributed by atoms with van der Waals surface area (Å²) in [7, 11) is 0. The molecule has 1 aliphatic carbocycles. The third kappa shape index (κ3) is 3.55. The van der Waals surface area contributed by atoms with Crippen molar-refractivity contribution in [1.29, 1.82) is 0 Å². The Bertz CT molecular complexity index is 1620. The molecule has 4 aromatic rings. The lowest BCUT2D eigenvalue weighted by atomic mass is 9.83. The quantitative estimate of drug-likeness (QED) is 0.324. The fourth-order valence-electron chi connectivity index (χ4n) is 4.70. The van der Waals surface area contributed by atoms with E-state index in [1.54, 1.807) is 0 Å². The Kier molecular flexibility index (Phi) is 5.21. The monoisotopic (exact) mass is 532 g/mol. The normalized spacial score (nSPS) is 17.3. The van der Waals surface area contributed by atoms with E-state index < -0.39 is 0 Å². The average Bonchev–Trinajstić information content (AvgIpc) is 3.14. The summed E-state index contributed by atoms with van der Waals surface area (Å²) in [5, 5.41) is 0.626. The lowest BCUT2D eigenvalue weighted by Crippen LogP contribution is -2.38. The first kappa shape index (κ1) is 20.8. The zero-order chi connectivity index (χ0) is 22.5. The molecule has 0 radical (unpaired) electrons. The van der Waals surface area contributed by atoms with E-state index in [2.05, 4.69) is 52.3 Å². The number of benzene rings is 3. The Morgan fingerprint density at radius 1 is 1.00 bits per heavy atom. The molecule has 6 rings (SSSR count). The second kappa shape index (κ2) is 8.24. The Balaban J connectivity index is 1.64. The Hall–Kier alpha value is -2.73. The Labute approximate surface area is 208 Å². The van der Waals surface area contributed by atoms with Crippen molar-refractivity contribution < 1.29 is 0 Å². The number of hydrogen-bond donors (Lipinski definition) is 0. The topological polar surface area (TPSA) is 34.4 Å². The predicted molar refractivity (Wildman–Crippen MR) is 138 cm³/mol. The Morgan fingerprint density at radius 2 is 1.76 bits per heavy atom. The first-order chi connectivity index (χ1) is 16.1. The highest BCUT2D eigenvalue weighted by atomic mass is 79.9. The van der Waals surface area contributed by atoms with Gasteiger partial charge in [0.15, 0.2) is 4.80 Å². The molecule has 33 heavy (non-hydrogen) atoms. The number of rotatable bonds is 2. The summed E-state index contributed by atoms with van der Waals surface area (Å²) in [5.74, 6) is 0. The largest absolute Gasteiger partial charge is 0.272 e. The summed E-state index contributed by atoms with van der Waals surface area (Å²) >= 11 is 11.3. The van der Waals surface area contributed by atoms with Crippen LogP contribution in [0.4, 0.5) is 0 Å². The fourth-order valence-corrected chi connectivity index (χ4v) is 6.15. The minimum Gasteiger partial charge on any atom is -0.272 e. The van der Waals surface area contributed by atoms with Gasteiger partial charge in [-0.2, -0.15) is 0 Å². The lowest BCUT2D eigenvalue weighted by molar-refractivity contribution is 0.585. The minimum absolute atomic E-state index is 0.0306. The second-order valence-corrected chi connectivity index (χ2v) is 10.5. The van der Waals surface area contributed by atoms with Crippen LogP contribution in [0.15, 0.2) is 92.6 Å². The standard InChI is InChI=1S/C27H18BrClN2OS/c28-19-12-9-17(10-13-19)25-21-14-11-16-5-1-3-7-20(16)24(21)30-27-31(25)26(32)23(33-27)15-18-6-2-4-8-22(18)29/h1-10,12-13,15,25H,11,14H2. The van der Waals surface area contributed by atoms with E-state index in [9.17, 15) is 4.79 Å². The van der Waals surface area contributed by atoms with Crippen LogP contribution in [0, 0.1) is 0 Å². The van der Waals surface area contributed by atoms with Gasteiger partial charge in [0, 0.05) is 15.1 Å². The molecular weight excluding hydrogens is 516 g/mol. The Morgan fingerprint density at radius 3 is 2.58 bits per heavy atom. The summed E-state index contributed by atoms with van der Waals surface area (Å²) in [6, 6.07) is 24.1. The molecule has 1 aliphatic heterocycles. The molecule has 2 heterocycles. The molecule has 0 saturated carbocycles. The smallest absolute Gasteiger partial charge is 0.271 e. The van der Waals surface area contributed by atoms with E-state index in [0.29, 0.717) is 9.55 Å². The molecule has 0 fully saturated rings. The van der Waals surface area contributed by atoms with Crippen LogP contribution < -0.4 is 14.9 Å². The van der Waals surface area contributed by atoms with E-state index in [-0.39, 0.29) is 11.6 Å². The van der Waals surface area contributed by atoms with Crippen LogP contribution in [0.1, 0.15) is 34.7 Å². The van der Waals surface area contributed by atoms with Gasteiger partial charge >= 0.3 is 0 Å². The van der Waals surface area contributed by atoms with Crippen LogP contribution in [-0.2, 0) is 6.42 Å². The van der Waals surface area contributed by atoms with Gasteiger partial charge in [0.25, 0.3) is 5.56 Å². The molecule has 0 bridgehead atoms. The maximum absolute atomic E-state index is 13.7. The highest BCUT2D eigenvalue weighted by Gasteiger charge is 2.32. The maximum atomic E-state index is 13.7. The van der Waals surface area contributed by atoms with E-state index in [1.165, 1.54) is 28.0 Å². The zero-order valence-electron chi connectivity index (χ0n) is 17.5. The van der Waals surface area contributed by atoms with Crippen molar-refractivity contribution >= 4 is 50.6 Å². The number of thiazole rings is 1. The molecular formula is C27H18BrClN2OS. The summed E-state index contributed by atoms with van der Waals surface area (Å²) in [4.78, 5) is 19.5. The highest BCUT2D eigenvalue weighted by molar-refractivity contribution is 9.10. The molecule has 6 heteroatoms. The van der Waals surface area contributed by atoms with Crippen molar-refractivity contribution in [2.45, 2.75) is 18.9 Å². The predicted octanol–water partition coefficient (Wildman–Crippen LogP) is 5.73. The van der Waals surface area contributed by atoms with Gasteiger partial charge in [0.1, 0.15) is 0 Å². The first-order valence-corrected chi connectivity index (χ1v) is 12.7. The van der Waals surface area contributed by atoms with Crippen LogP contribution in [0.3, 0.4) is 0 Å². The lowest BCUT2D eigenvalue weighted by Gasteiger charge is -2.30. The molecule has 2 aliphatic rings. The van der Waals surface area contributed by atoms with Crippen molar-refractivity contribution in [2.24, 2.45) is 4.99 Å². The second-order valence-electron chi connectivity index (χ2n) is 8.19. The summed E-state index contributed by atoms with van der Waals surface area (Å²) in [6.07, 6.45) is 3.70. The minimum atomic E-state index is -0.175. The van der Waals surface area contributed by atoms with Crippen molar-refractivity contribution in [3.63, 3.8) is 0 Å². The number of fused-ring (bicyclic) bond motifs is 3. The van der Waals surface area contributed by atoms with Gasteiger partial charge in [-0.25, -0.2) is 4.99 Å². The number of halogens is 2. The van der Waals surface area contributed by atoms with E-state index in [1.807, 2.05) is 47.0 Å². The molecule has 1 atom stereocenters. The molecule has 1 unspecified atom stereocenters. The van der Waals surface area contributed by atoms with Gasteiger partial charge in [-0.05, 0) is 59.4 Å². The van der Waals surface area contributed by atoms with Crippen molar-refractivity contribution in [3.05, 3.63) is 130 Å². The van der Waals surface area contributed by atoms with Crippen LogP contribution in [0.2, 0.25) is 5.02 Å². The third-order valence-electron chi connectivity index (χ3n) is 6.25. The molecule has 1 aromatic heterocycles. The van der Waals surface area contributed by atoms with E-state index in [4.69, 9.17) is 16.6 Å². The van der Waals surface area contributed by atoms with Gasteiger partial charge in [-0.3, -0.25) is 9.36 Å². The summed E-state index contributed by atoms with van der Waals surface area (Å²) < 4.78 is 3.52. The van der Waals surface area contributed by atoms with Crippen LogP contribution in [0.5, 0.6) is 0 Å². The molecule has 3 aromatic carbocycles. The molecule has 0 amide bonds. The van der Waals surface area contributed by atoms with Gasteiger partial charge < -0.3 is 0 Å². The van der Waals surface area contributed by atoms with Crippen LogP contribution >= 0.6 is 38.9 Å². The SMILES string of the molecule is O=c1c(=Cc2ccccc2Cl)sc2n1C(c1ccc(Br)cc1)C1=C(N=2)c2ccccc2CC1. The number of aryl methyl sites for hydroxylation is 1. The average molecular weight is 534 g/mol. The summed E-state index contributed by atoms with van der Waals surface area (Å²) in [5.41, 5.74) is 6.58. The van der Waals surface area contributed by atoms with Crippen molar-refractivity contribution in [1.82, 2.24) is 4.57 Å². The van der Waals surface area contributed by atoms with Crippen molar-refractivity contribution in [2.75, 3.05) is 0 Å². The molecule has 0 spiro atoms. The summed E-state index contributed by atoms with van der Waals surface area (Å²) in [6.45, 7) is 0. The number of nitrogens with zero attached hydrogens (tertiary/aromatic N) is 2.